The van der Waals surface area contributed by atoms with Crippen molar-refractivity contribution in [1.29, 1.82) is 0 Å². The Bertz CT molecular complexity index is 347. The summed E-state index contributed by atoms with van der Waals surface area (Å²) in [5.74, 6) is -0.252. The Morgan fingerprint density at radius 1 is 1.33 bits per heavy atom. The second-order valence-corrected chi connectivity index (χ2v) is 4.27. The van der Waals surface area contributed by atoms with Gasteiger partial charge in [0.25, 0.3) is 0 Å². The van der Waals surface area contributed by atoms with Gasteiger partial charge in [0, 0.05) is 16.6 Å². The summed E-state index contributed by atoms with van der Waals surface area (Å²) in [6.07, 6.45) is 0. The first kappa shape index (κ1) is 12.6. The Labute approximate surface area is 104 Å². The second-order valence-electron chi connectivity index (χ2n) is 2.96. The van der Waals surface area contributed by atoms with Crippen molar-refractivity contribution in [2.75, 3.05) is 6.54 Å². The van der Waals surface area contributed by atoms with Gasteiger partial charge < -0.3 is 5.32 Å². The molecule has 0 spiro atoms. The number of likely N-dealkylation sites (N-methyl/N-ethyl adjacent to an activating group) is 1. The molecular formula is C10H10Cl3NO. The Hall–Kier alpha value is -0.440. The van der Waals surface area contributed by atoms with Gasteiger partial charge in [0.1, 0.15) is 5.38 Å². The van der Waals surface area contributed by atoms with Gasteiger partial charge in [0.2, 0.25) is 5.91 Å². The third-order valence-electron chi connectivity index (χ3n) is 1.76. The van der Waals surface area contributed by atoms with Crippen LogP contribution in [0, 0.1) is 0 Å². The standard InChI is InChI=1S/C10H10Cl3NO/c1-2-14-10(15)9(13)6-3-7(11)5-8(12)4-6/h3-5,9H,2H2,1H3,(H,14,15). The number of benzene rings is 1. The van der Waals surface area contributed by atoms with E-state index in [1.165, 1.54) is 0 Å². The number of rotatable bonds is 3. The highest BCUT2D eigenvalue weighted by Gasteiger charge is 2.17. The van der Waals surface area contributed by atoms with E-state index in [1.807, 2.05) is 6.92 Å². The fourth-order valence-corrected chi connectivity index (χ4v) is 1.88. The summed E-state index contributed by atoms with van der Waals surface area (Å²) in [6, 6.07) is 4.84. The summed E-state index contributed by atoms with van der Waals surface area (Å²) in [5.41, 5.74) is 0.597. The zero-order valence-corrected chi connectivity index (χ0v) is 10.3. The molecule has 15 heavy (non-hydrogen) atoms. The van der Waals surface area contributed by atoms with Crippen LogP contribution < -0.4 is 5.32 Å². The maximum Gasteiger partial charge on any atom is 0.242 e. The van der Waals surface area contributed by atoms with Crippen LogP contribution >= 0.6 is 34.8 Å². The molecular weight excluding hydrogens is 256 g/mol. The number of amides is 1. The van der Waals surface area contributed by atoms with Gasteiger partial charge in [-0.1, -0.05) is 23.2 Å². The highest BCUT2D eigenvalue weighted by atomic mass is 35.5. The molecule has 1 amide bonds. The van der Waals surface area contributed by atoms with Crippen molar-refractivity contribution in [2.24, 2.45) is 0 Å². The van der Waals surface area contributed by atoms with E-state index >= 15 is 0 Å². The molecule has 82 valence electrons. The molecule has 0 heterocycles. The van der Waals surface area contributed by atoms with Crippen LogP contribution in [0.25, 0.3) is 0 Å². The molecule has 1 atom stereocenters. The molecule has 0 aliphatic carbocycles. The quantitative estimate of drug-likeness (QED) is 0.835. The molecule has 1 N–H and O–H groups in total. The lowest BCUT2D eigenvalue weighted by Gasteiger charge is -2.10. The van der Waals surface area contributed by atoms with Gasteiger partial charge in [-0.2, -0.15) is 0 Å². The van der Waals surface area contributed by atoms with Crippen molar-refractivity contribution < 1.29 is 4.79 Å². The number of halogens is 3. The Morgan fingerprint density at radius 3 is 2.33 bits per heavy atom. The van der Waals surface area contributed by atoms with Gasteiger partial charge in [-0.05, 0) is 30.7 Å². The second kappa shape index (κ2) is 5.59. The lowest BCUT2D eigenvalue weighted by Crippen LogP contribution is -2.26. The van der Waals surface area contributed by atoms with Crippen molar-refractivity contribution in [3.8, 4) is 0 Å². The summed E-state index contributed by atoms with van der Waals surface area (Å²) in [4.78, 5) is 11.4. The van der Waals surface area contributed by atoms with Crippen LogP contribution in [0.2, 0.25) is 10.0 Å². The van der Waals surface area contributed by atoms with Crippen LogP contribution in [0.3, 0.4) is 0 Å². The molecule has 5 heteroatoms. The molecule has 1 unspecified atom stereocenters. The van der Waals surface area contributed by atoms with Gasteiger partial charge in [-0.3, -0.25) is 4.79 Å². The van der Waals surface area contributed by atoms with Gasteiger partial charge in [0.05, 0.1) is 0 Å². The van der Waals surface area contributed by atoms with Crippen molar-refractivity contribution in [1.82, 2.24) is 5.32 Å². The molecule has 1 aromatic rings. The van der Waals surface area contributed by atoms with Gasteiger partial charge in [-0.25, -0.2) is 0 Å². The zero-order valence-electron chi connectivity index (χ0n) is 8.06. The minimum atomic E-state index is -0.763. The number of carbonyl (C=O) groups is 1. The average molecular weight is 267 g/mol. The van der Waals surface area contributed by atoms with Crippen molar-refractivity contribution >= 4 is 40.7 Å². The summed E-state index contributed by atoms with van der Waals surface area (Å²) in [7, 11) is 0. The van der Waals surface area contributed by atoms with Crippen LogP contribution in [0.1, 0.15) is 17.9 Å². The minimum Gasteiger partial charge on any atom is -0.355 e. The predicted octanol–water partition coefficient (Wildman–Crippen LogP) is 3.41. The molecule has 0 bridgehead atoms. The predicted molar refractivity (Wildman–Crippen MR) is 63.7 cm³/mol. The number of hydrogen-bond acceptors (Lipinski definition) is 1. The lowest BCUT2D eigenvalue weighted by atomic mass is 10.1. The first-order chi connectivity index (χ1) is 7.04. The Balaban J connectivity index is 2.90. The van der Waals surface area contributed by atoms with E-state index in [0.717, 1.165) is 0 Å². The van der Waals surface area contributed by atoms with Crippen LogP contribution in [0.5, 0.6) is 0 Å². The molecule has 0 aromatic heterocycles. The number of hydrogen-bond donors (Lipinski definition) is 1. The molecule has 0 aliphatic rings. The van der Waals surface area contributed by atoms with Crippen LogP contribution in [-0.2, 0) is 4.79 Å². The van der Waals surface area contributed by atoms with Crippen molar-refractivity contribution in [2.45, 2.75) is 12.3 Å². The highest BCUT2D eigenvalue weighted by molar-refractivity contribution is 6.35. The summed E-state index contributed by atoms with van der Waals surface area (Å²) in [5, 5.41) is 2.79. The van der Waals surface area contributed by atoms with Crippen LogP contribution in [-0.4, -0.2) is 12.5 Å². The Morgan fingerprint density at radius 2 is 1.87 bits per heavy atom. The smallest absolute Gasteiger partial charge is 0.242 e. The third kappa shape index (κ3) is 3.56. The third-order valence-corrected chi connectivity index (χ3v) is 2.65. The van der Waals surface area contributed by atoms with Crippen molar-refractivity contribution in [3.05, 3.63) is 33.8 Å². The van der Waals surface area contributed by atoms with E-state index in [0.29, 0.717) is 22.2 Å². The zero-order chi connectivity index (χ0) is 11.4. The van der Waals surface area contributed by atoms with E-state index in [2.05, 4.69) is 5.32 Å². The molecule has 1 aromatic carbocycles. The largest absolute Gasteiger partial charge is 0.355 e. The topological polar surface area (TPSA) is 29.1 Å². The lowest BCUT2D eigenvalue weighted by molar-refractivity contribution is -0.120. The normalized spacial score (nSPS) is 12.3. The molecule has 1 rings (SSSR count). The molecule has 0 radical (unpaired) electrons. The molecule has 0 saturated heterocycles. The monoisotopic (exact) mass is 265 g/mol. The molecule has 0 fully saturated rings. The molecule has 2 nitrogen and oxygen atoms in total. The SMILES string of the molecule is CCNC(=O)C(Cl)c1cc(Cl)cc(Cl)c1. The summed E-state index contributed by atoms with van der Waals surface area (Å²) in [6.45, 7) is 2.36. The number of alkyl halides is 1. The average Bonchev–Trinajstić information content (AvgIpc) is 2.15. The van der Waals surface area contributed by atoms with Crippen molar-refractivity contribution in [3.63, 3.8) is 0 Å². The first-order valence-corrected chi connectivity index (χ1v) is 5.61. The molecule has 0 saturated carbocycles. The van der Waals surface area contributed by atoms with E-state index < -0.39 is 5.38 Å². The van der Waals surface area contributed by atoms with E-state index in [1.54, 1.807) is 18.2 Å². The molecule has 0 aliphatic heterocycles. The van der Waals surface area contributed by atoms with Crippen LogP contribution in [0.4, 0.5) is 0 Å². The first-order valence-electron chi connectivity index (χ1n) is 4.42. The van der Waals surface area contributed by atoms with Gasteiger partial charge >= 0.3 is 0 Å². The van der Waals surface area contributed by atoms with E-state index in [4.69, 9.17) is 34.8 Å². The summed E-state index contributed by atoms with van der Waals surface area (Å²) >= 11 is 17.6. The fraction of sp³-hybridized carbons (Fsp3) is 0.300. The maximum atomic E-state index is 11.4. The number of nitrogens with one attached hydrogen (secondary N) is 1. The van der Waals surface area contributed by atoms with E-state index in [-0.39, 0.29) is 5.91 Å². The highest BCUT2D eigenvalue weighted by Crippen LogP contribution is 2.27. The van der Waals surface area contributed by atoms with E-state index in [9.17, 15) is 4.79 Å². The summed E-state index contributed by atoms with van der Waals surface area (Å²) < 4.78 is 0. The van der Waals surface area contributed by atoms with Gasteiger partial charge in [0.15, 0.2) is 0 Å². The maximum absolute atomic E-state index is 11.4. The van der Waals surface area contributed by atoms with Gasteiger partial charge in [-0.15, -0.1) is 11.6 Å². The van der Waals surface area contributed by atoms with Crippen LogP contribution in [0.15, 0.2) is 18.2 Å². The number of carbonyl (C=O) groups excluding carboxylic acids is 1. The Kier molecular flexibility index (Phi) is 4.71. The minimum absolute atomic E-state index is 0.252. The fourth-order valence-electron chi connectivity index (χ4n) is 1.14.